The number of halogens is 1. The fraction of sp³-hybridized carbons (Fsp3) is 0.429. The van der Waals surface area contributed by atoms with E-state index in [-0.39, 0.29) is 6.61 Å². The van der Waals surface area contributed by atoms with Crippen molar-refractivity contribution in [1.82, 2.24) is 14.3 Å². The van der Waals surface area contributed by atoms with Gasteiger partial charge >= 0.3 is 0 Å². The van der Waals surface area contributed by atoms with Gasteiger partial charge in [-0.25, -0.2) is 12.8 Å². The first-order valence-electron chi connectivity index (χ1n) is 9.82. The minimum absolute atomic E-state index is 0.0298. The van der Waals surface area contributed by atoms with Gasteiger partial charge in [-0.1, -0.05) is 48.5 Å². The summed E-state index contributed by atoms with van der Waals surface area (Å²) in [6.07, 6.45) is 0. The average Bonchev–Trinajstić information content (AvgIpc) is 3.12. The molecule has 0 unspecified atom stereocenters. The number of nitrogens with zero attached hydrogens (tertiary/aromatic N) is 3. The lowest BCUT2D eigenvalue weighted by Gasteiger charge is -2.36. The molecule has 156 valence electrons. The van der Waals surface area contributed by atoms with E-state index in [0.29, 0.717) is 31.7 Å². The Kier molecular flexibility index (Phi) is 5.98. The Morgan fingerprint density at radius 2 is 1.66 bits per heavy atom. The summed E-state index contributed by atoms with van der Waals surface area (Å²) in [6, 6.07) is 15.8. The maximum absolute atomic E-state index is 14.4. The Labute approximate surface area is 171 Å². The molecule has 2 aromatic carbocycles. The van der Waals surface area contributed by atoms with Crippen LogP contribution in [0.5, 0.6) is 0 Å². The van der Waals surface area contributed by atoms with Crippen molar-refractivity contribution in [2.24, 2.45) is 0 Å². The standard InChI is InChI=1S/C21H26FN3O3S/c1-23-21(18-9-5-6-10-19(18)22)20(16-28-23)29(26,27)25-13-11-24(12-14-25)15-17-7-3-2-4-8-17/h2-10,20-21H,11-16H2,1H3/t20-,21+/m1/s1. The van der Waals surface area contributed by atoms with Crippen LogP contribution in [0.25, 0.3) is 0 Å². The van der Waals surface area contributed by atoms with Crippen LogP contribution >= 0.6 is 0 Å². The minimum atomic E-state index is -3.63. The van der Waals surface area contributed by atoms with Crippen molar-refractivity contribution in [3.63, 3.8) is 0 Å². The second-order valence-electron chi connectivity index (χ2n) is 7.55. The number of hydrogen-bond donors (Lipinski definition) is 0. The third-order valence-electron chi connectivity index (χ3n) is 5.73. The number of hydroxylamine groups is 2. The zero-order valence-corrected chi connectivity index (χ0v) is 17.3. The molecule has 0 spiro atoms. The second-order valence-corrected chi connectivity index (χ2v) is 9.70. The Balaban J connectivity index is 1.46. The average molecular weight is 420 g/mol. The maximum Gasteiger partial charge on any atom is 0.221 e. The number of rotatable bonds is 5. The molecule has 2 heterocycles. The summed E-state index contributed by atoms with van der Waals surface area (Å²) in [5, 5.41) is 0.636. The van der Waals surface area contributed by atoms with Crippen molar-refractivity contribution >= 4 is 10.0 Å². The van der Waals surface area contributed by atoms with E-state index in [1.54, 1.807) is 25.2 Å². The van der Waals surface area contributed by atoms with Gasteiger partial charge in [0, 0.05) is 45.3 Å². The van der Waals surface area contributed by atoms with Gasteiger partial charge in [0.1, 0.15) is 11.1 Å². The summed E-state index contributed by atoms with van der Waals surface area (Å²) in [6.45, 7) is 3.03. The lowest BCUT2D eigenvalue weighted by Crippen LogP contribution is -2.52. The first kappa shape index (κ1) is 20.4. The van der Waals surface area contributed by atoms with E-state index < -0.39 is 27.1 Å². The van der Waals surface area contributed by atoms with Crippen molar-refractivity contribution < 1.29 is 17.6 Å². The first-order chi connectivity index (χ1) is 14.0. The van der Waals surface area contributed by atoms with Crippen molar-refractivity contribution in [3.05, 3.63) is 71.5 Å². The largest absolute Gasteiger partial charge is 0.297 e. The zero-order valence-electron chi connectivity index (χ0n) is 16.4. The third-order valence-corrected chi connectivity index (χ3v) is 7.98. The van der Waals surface area contributed by atoms with Crippen molar-refractivity contribution in [1.29, 1.82) is 0 Å². The summed E-state index contributed by atoms with van der Waals surface area (Å²) >= 11 is 0. The van der Waals surface area contributed by atoms with Crippen LogP contribution < -0.4 is 0 Å². The van der Waals surface area contributed by atoms with Gasteiger partial charge in [0.05, 0.1) is 12.6 Å². The highest BCUT2D eigenvalue weighted by Crippen LogP contribution is 2.36. The number of sulfonamides is 1. The zero-order chi connectivity index (χ0) is 20.4. The Hall–Kier alpha value is -1.84. The summed E-state index contributed by atoms with van der Waals surface area (Å²) < 4.78 is 42.7. The van der Waals surface area contributed by atoms with Gasteiger partial charge in [-0.05, 0) is 11.6 Å². The molecule has 2 atom stereocenters. The molecular formula is C21H26FN3O3S. The summed E-state index contributed by atoms with van der Waals surface area (Å²) in [5.41, 5.74) is 1.57. The maximum atomic E-state index is 14.4. The lowest BCUT2D eigenvalue weighted by molar-refractivity contribution is -0.111. The van der Waals surface area contributed by atoms with E-state index in [1.807, 2.05) is 18.2 Å². The van der Waals surface area contributed by atoms with E-state index in [4.69, 9.17) is 4.84 Å². The lowest BCUT2D eigenvalue weighted by atomic mass is 10.0. The van der Waals surface area contributed by atoms with E-state index in [1.165, 1.54) is 21.0 Å². The highest BCUT2D eigenvalue weighted by molar-refractivity contribution is 7.89. The molecule has 2 saturated heterocycles. The normalized spacial score (nSPS) is 24.8. The quantitative estimate of drug-likeness (QED) is 0.744. The molecule has 0 N–H and O–H groups in total. The molecule has 0 aromatic heterocycles. The monoisotopic (exact) mass is 419 g/mol. The summed E-state index contributed by atoms with van der Waals surface area (Å²) in [4.78, 5) is 7.77. The number of hydrogen-bond acceptors (Lipinski definition) is 5. The van der Waals surface area contributed by atoms with Crippen LogP contribution in [0, 0.1) is 5.82 Å². The molecule has 4 rings (SSSR count). The van der Waals surface area contributed by atoms with Gasteiger partial charge in [0.15, 0.2) is 0 Å². The van der Waals surface area contributed by atoms with Crippen LogP contribution in [0.3, 0.4) is 0 Å². The molecule has 2 fully saturated rings. The number of piperazine rings is 1. The highest BCUT2D eigenvalue weighted by Gasteiger charge is 2.47. The molecule has 2 aromatic rings. The minimum Gasteiger partial charge on any atom is -0.297 e. The molecule has 2 aliphatic rings. The van der Waals surface area contributed by atoms with Crippen molar-refractivity contribution in [2.75, 3.05) is 39.8 Å². The number of benzene rings is 2. The first-order valence-corrected chi connectivity index (χ1v) is 11.3. The molecule has 0 saturated carbocycles. The van der Waals surface area contributed by atoms with Crippen LogP contribution in [-0.4, -0.2) is 67.8 Å². The third kappa shape index (κ3) is 4.22. The van der Waals surface area contributed by atoms with Gasteiger partial charge in [-0.3, -0.25) is 9.74 Å². The molecule has 29 heavy (non-hydrogen) atoms. The van der Waals surface area contributed by atoms with Crippen LogP contribution in [0.4, 0.5) is 4.39 Å². The van der Waals surface area contributed by atoms with Crippen LogP contribution in [0.2, 0.25) is 0 Å². The molecule has 0 bridgehead atoms. The highest BCUT2D eigenvalue weighted by atomic mass is 32.2. The predicted octanol–water partition coefficient (Wildman–Crippen LogP) is 2.26. The van der Waals surface area contributed by atoms with E-state index in [0.717, 1.165) is 6.54 Å². The predicted molar refractivity (Wildman–Crippen MR) is 109 cm³/mol. The van der Waals surface area contributed by atoms with Gasteiger partial charge in [-0.2, -0.15) is 9.37 Å². The molecule has 0 amide bonds. The van der Waals surface area contributed by atoms with E-state index in [9.17, 15) is 12.8 Å². The topological polar surface area (TPSA) is 53.1 Å². The van der Waals surface area contributed by atoms with E-state index >= 15 is 0 Å². The fourth-order valence-electron chi connectivity index (χ4n) is 4.13. The molecule has 0 aliphatic carbocycles. The molecule has 6 nitrogen and oxygen atoms in total. The Morgan fingerprint density at radius 3 is 2.34 bits per heavy atom. The van der Waals surface area contributed by atoms with Gasteiger partial charge in [-0.15, -0.1) is 0 Å². The van der Waals surface area contributed by atoms with Crippen LogP contribution in [-0.2, 0) is 21.4 Å². The SMILES string of the molecule is CN1OC[C@@H](S(=O)(=O)N2CCN(Cc3ccccc3)CC2)[C@@H]1c1ccccc1F. The van der Waals surface area contributed by atoms with Crippen molar-refractivity contribution in [3.8, 4) is 0 Å². The molecule has 2 aliphatic heterocycles. The van der Waals surface area contributed by atoms with Gasteiger partial charge in [0.25, 0.3) is 0 Å². The van der Waals surface area contributed by atoms with Gasteiger partial charge < -0.3 is 0 Å². The van der Waals surface area contributed by atoms with Gasteiger partial charge in [0.2, 0.25) is 10.0 Å². The second kappa shape index (κ2) is 8.49. The summed E-state index contributed by atoms with van der Waals surface area (Å²) in [5.74, 6) is -0.414. The fourth-order valence-corrected chi connectivity index (χ4v) is 6.06. The Morgan fingerprint density at radius 1 is 1.00 bits per heavy atom. The van der Waals surface area contributed by atoms with Crippen LogP contribution in [0.1, 0.15) is 17.2 Å². The summed E-state index contributed by atoms with van der Waals surface area (Å²) in [7, 11) is -1.97. The van der Waals surface area contributed by atoms with E-state index in [2.05, 4.69) is 17.0 Å². The molecule has 8 heteroatoms. The van der Waals surface area contributed by atoms with Crippen LogP contribution in [0.15, 0.2) is 54.6 Å². The van der Waals surface area contributed by atoms with Crippen molar-refractivity contribution in [2.45, 2.75) is 17.8 Å². The Bertz CT molecular complexity index is 933. The molecular weight excluding hydrogens is 393 g/mol. The smallest absolute Gasteiger partial charge is 0.221 e. The molecule has 0 radical (unpaired) electrons.